The minimum absolute atomic E-state index is 0.346. The molecule has 1 fully saturated rings. The summed E-state index contributed by atoms with van der Waals surface area (Å²) in [7, 11) is 0. The van der Waals surface area contributed by atoms with E-state index in [4.69, 9.17) is 0 Å². The van der Waals surface area contributed by atoms with Gasteiger partial charge >= 0.3 is 0 Å². The van der Waals surface area contributed by atoms with Crippen molar-refractivity contribution in [1.82, 2.24) is 24.5 Å². The highest BCUT2D eigenvalue weighted by Crippen LogP contribution is 2.19. The van der Waals surface area contributed by atoms with E-state index < -0.39 is 18.6 Å². The molecule has 0 saturated carbocycles. The second-order valence-corrected chi connectivity index (χ2v) is 25.2. The number of aliphatic hydroxyl groups excluding tert-OH is 5. The van der Waals surface area contributed by atoms with E-state index in [2.05, 4.69) is 59.1 Å². The Bertz CT molecular complexity index is 1150. The molecule has 1 saturated heterocycles. The zero-order valence-corrected chi connectivity index (χ0v) is 53.4. The highest BCUT2D eigenvalue weighted by Gasteiger charge is 2.25. The molecule has 78 heavy (non-hydrogen) atoms. The second-order valence-electron chi connectivity index (χ2n) is 25.2. The number of hydrogen-bond donors (Lipinski definition) is 5. The molecule has 1 heterocycles. The molecule has 10 heteroatoms. The van der Waals surface area contributed by atoms with Crippen LogP contribution in [0.2, 0.25) is 0 Å². The Labute approximate surface area is 487 Å². The van der Waals surface area contributed by atoms with Crippen LogP contribution in [0.25, 0.3) is 0 Å². The molecule has 5 atom stereocenters. The average molecular weight is 1110 g/mol. The van der Waals surface area contributed by atoms with Gasteiger partial charge in [0.2, 0.25) is 0 Å². The van der Waals surface area contributed by atoms with Crippen LogP contribution in [0.5, 0.6) is 0 Å². The summed E-state index contributed by atoms with van der Waals surface area (Å²) in [5, 5.41) is 57.6. The van der Waals surface area contributed by atoms with Crippen LogP contribution in [-0.4, -0.2) is 166 Å². The Kier molecular flexibility index (Phi) is 55.3. The topological polar surface area (TPSA) is 117 Å². The van der Waals surface area contributed by atoms with Gasteiger partial charge in [-0.05, 0) is 44.9 Å². The molecule has 0 aromatic heterocycles. The Morgan fingerprint density at radius 3 is 0.833 bits per heavy atom. The van der Waals surface area contributed by atoms with E-state index in [1.807, 2.05) is 0 Å². The maximum Gasteiger partial charge on any atom is 0.107 e. The van der Waals surface area contributed by atoms with Crippen LogP contribution in [0.15, 0.2) is 0 Å². The largest absolute Gasteiger partial charge is 0.392 e. The van der Waals surface area contributed by atoms with Crippen LogP contribution in [0.1, 0.15) is 324 Å². The van der Waals surface area contributed by atoms with Gasteiger partial charge in [-0.1, -0.05) is 279 Å². The van der Waals surface area contributed by atoms with Crippen molar-refractivity contribution in [2.24, 2.45) is 0 Å². The Morgan fingerprint density at radius 2 is 0.513 bits per heavy atom. The van der Waals surface area contributed by atoms with Crippen molar-refractivity contribution in [3.8, 4) is 0 Å². The standard InChI is InChI=1S/C68H141N5O5/c1-6-11-16-21-26-31-36-41-46-64(74)61-71(62-65(75)47-42-37-32-27-22-17-12-7-2)56-55-69-51-53-70(54-52-69)57-58-72(67(77)49-44-39-34-29-24-19-14-9-4)59-60-73(68(78)50-45-40-35-30-25-20-15-10-5)63-66(76)48-43-38-33-28-23-18-13-8-3/h64-68,74-78H,6-63H2,1-5H3. The van der Waals surface area contributed by atoms with Crippen molar-refractivity contribution < 1.29 is 25.5 Å². The molecule has 5 N–H and O–H groups in total. The molecule has 1 aliphatic heterocycles. The average Bonchev–Trinajstić information content (AvgIpc) is 3.43. The quantitative estimate of drug-likeness (QED) is 0.0298. The fraction of sp³-hybridized carbons (Fsp3) is 1.00. The summed E-state index contributed by atoms with van der Waals surface area (Å²) in [5.74, 6) is 0. The molecule has 0 spiro atoms. The summed E-state index contributed by atoms with van der Waals surface area (Å²) in [5.41, 5.74) is 0. The molecule has 1 aliphatic rings. The molecular weight excluding hydrogens is 967 g/mol. The van der Waals surface area contributed by atoms with Gasteiger partial charge in [0.25, 0.3) is 0 Å². The molecule has 0 aliphatic carbocycles. The van der Waals surface area contributed by atoms with Crippen LogP contribution >= 0.6 is 0 Å². The van der Waals surface area contributed by atoms with E-state index in [1.54, 1.807) is 0 Å². The predicted octanol–water partition coefficient (Wildman–Crippen LogP) is 15.9. The Hall–Kier alpha value is -0.400. The summed E-state index contributed by atoms with van der Waals surface area (Å²) in [6.45, 7) is 22.0. The zero-order valence-electron chi connectivity index (χ0n) is 53.4. The van der Waals surface area contributed by atoms with Gasteiger partial charge in [-0.15, -0.1) is 0 Å². The van der Waals surface area contributed by atoms with Crippen molar-refractivity contribution in [3.63, 3.8) is 0 Å². The minimum atomic E-state index is -0.578. The molecule has 0 amide bonds. The number of unbranched alkanes of at least 4 members (excludes halogenated alkanes) is 35. The molecular formula is C68H141N5O5. The highest BCUT2D eigenvalue weighted by molar-refractivity contribution is 4.78. The van der Waals surface area contributed by atoms with E-state index in [0.717, 1.165) is 123 Å². The van der Waals surface area contributed by atoms with Crippen molar-refractivity contribution in [1.29, 1.82) is 0 Å². The molecule has 468 valence electrons. The summed E-state index contributed by atoms with van der Waals surface area (Å²) >= 11 is 0. The van der Waals surface area contributed by atoms with Crippen LogP contribution in [0, 0.1) is 0 Å². The zero-order chi connectivity index (χ0) is 56.8. The molecule has 1 rings (SSSR count). The van der Waals surface area contributed by atoms with E-state index in [-0.39, 0.29) is 12.2 Å². The fourth-order valence-electron chi connectivity index (χ4n) is 12.0. The van der Waals surface area contributed by atoms with Crippen molar-refractivity contribution in [2.45, 2.75) is 354 Å². The van der Waals surface area contributed by atoms with Gasteiger partial charge in [0.15, 0.2) is 0 Å². The third-order valence-electron chi connectivity index (χ3n) is 17.6. The molecule has 10 nitrogen and oxygen atoms in total. The van der Waals surface area contributed by atoms with Gasteiger partial charge in [-0.25, -0.2) is 0 Å². The third kappa shape index (κ3) is 47.0. The number of nitrogens with zero attached hydrogens (tertiary/aromatic N) is 5. The maximum atomic E-state index is 11.9. The monoisotopic (exact) mass is 1110 g/mol. The van der Waals surface area contributed by atoms with Gasteiger partial charge in [-0.3, -0.25) is 24.5 Å². The van der Waals surface area contributed by atoms with Gasteiger partial charge in [0, 0.05) is 85.1 Å². The number of rotatable bonds is 62. The molecule has 5 unspecified atom stereocenters. The van der Waals surface area contributed by atoms with Crippen molar-refractivity contribution >= 4 is 0 Å². The summed E-state index contributed by atoms with van der Waals surface area (Å²) in [4.78, 5) is 12.0. The Morgan fingerprint density at radius 1 is 0.269 bits per heavy atom. The number of aliphatic hydroxyl groups is 5. The van der Waals surface area contributed by atoms with Gasteiger partial charge in [0.05, 0.1) is 18.3 Å². The third-order valence-corrected chi connectivity index (χ3v) is 17.6. The lowest BCUT2D eigenvalue weighted by Gasteiger charge is -2.38. The molecule has 0 bridgehead atoms. The number of piperazine rings is 1. The first-order valence-corrected chi connectivity index (χ1v) is 35.2. The lowest BCUT2D eigenvalue weighted by Crippen LogP contribution is -2.52. The summed E-state index contributed by atoms with van der Waals surface area (Å²) < 4.78 is 0. The van der Waals surface area contributed by atoms with E-state index in [1.165, 1.54) is 218 Å². The van der Waals surface area contributed by atoms with Crippen LogP contribution in [-0.2, 0) is 0 Å². The summed E-state index contributed by atoms with van der Waals surface area (Å²) in [6.07, 6.45) is 52.1. The molecule has 0 radical (unpaired) electrons. The van der Waals surface area contributed by atoms with Crippen molar-refractivity contribution in [2.75, 3.05) is 85.1 Å². The smallest absolute Gasteiger partial charge is 0.107 e. The van der Waals surface area contributed by atoms with E-state index >= 15 is 0 Å². The SMILES string of the molecule is CCCCCCCCCCC(O)CN(CCN1CCN(CCN(CCN(CC(O)CCCCCCCCCC)C(O)CCCCCCCCCC)C(O)CCCCCCCCCC)CC1)CC(O)CCCCCCCCCC. The van der Waals surface area contributed by atoms with Crippen LogP contribution < -0.4 is 0 Å². The fourth-order valence-corrected chi connectivity index (χ4v) is 12.0. The van der Waals surface area contributed by atoms with E-state index in [0.29, 0.717) is 32.7 Å². The van der Waals surface area contributed by atoms with Gasteiger partial charge < -0.3 is 25.5 Å². The predicted molar refractivity (Wildman–Crippen MR) is 339 cm³/mol. The summed E-state index contributed by atoms with van der Waals surface area (Å²) in [6, 6.07) is 0. The van der Waals surface area contributed by atoms with Crippen LogP contribution in [0.4, 0.5) is 0 Å². The maximum absolute atomic E-state index is 11.9. The van der Waals surface area contributed by atoms with Gasteiger partial charge in [-0.2, -0.15) is 0 Å². The lowest BCUT2D eigenvalue weighted by atomic mass is 10.0. The lowest BCUT2D eigenvalue weighted by molar-refractivity contribution is -0.0540. The second kappa shape index (κ2) is 57.1. The number of hydrogen-bond acceptors (Lipinski definition) is 10. The van der Waals surface area contributed by atoms with Crippen molar-refractivity contribution in [3.05, 3.63) is 0 Å². The highest BCUT2D eigenvalue weighted by atomic mass is 16.3. The first-order valence-electron chi connectivity index (χ1n) is 35.2. The van der Waals surface area contributed by atoms with Gasteiger partial charge in [0.1, 0.15) is 12.5 Å². The normalized spacial score (nSPS) is 15.8. The minimum Gasteiger partial charge on any atom is -0.392 e. The first kappa shape index (κ1) is 75.6. The molecule has 0 aromatic rings. The first-order chi connectivity index (χ1) is 38.2. The van der Waals surface area contributed by atoms with Crippen LogP contribution in [0.3, 0.4) is 0 Å². The molecule has 0 aromatic carbocycles. The van der Waals surface area contributed by atoms with E-state index in [9.17, 15) is 25.5 Å². The Balaban J connectivity index is 2.93.